The Morgan fingerprint density at radius 3 is 2.32 bits per heavy atom. The summed E-state index contributed by atoms with van der Waals surface area (Å²) < 4.78 is 77.0. The fourth-order valence-corrected chi connectivity index (χ4v) is 2.94. The second kappa shape index (κ2) is 5.77. The summed E-state index contributed by atoms with van der Waals surface area (Å²) in [6.45, 7) is 0. The van der Waals surface area contributed by atoms with E-state index in [1.807, 2.05) is 4.72 Å². The maximum Gasteiger partial charge on any atom is 0.416 e. The topological polar surface area (TPSA) is 46.2 Å². The number of benzene rings is 2. The standard InChI is InChI=1S/C13H8ClF4NO2S/c14-11-5-4-8(13(16,17)18)6-12(11)19-22(20,21)10-3-1-2-9(15)7-10/h1-7,19H. The number of anilines is 1. The Kier molecular flexibility index (Phi) is 4.35. The Morgan fingerprint density at radius 2 is 1.73 bits per heavy atom. The average Bonchev–Trinajstić information content (AvgIpc) is 2.40. The van der Waals surface area contributed by atoms with Crippen LogP contribution in [0.3, 0.4) is 0 Å². The van der Waals surface area contributed by atoms with E-state index in [4.69, 9.17) is 11.6 Å². The van der Waals surface area contributed by atoms with Gasteiger partial charge in [0.25, 0.3) is 10.0 Å². The summed E-state index contributed by atoms with van der Waals surface area (Å²) in [5.74, 6) is -0.794. The van der Waals surface area contributed by atoms with Gasteiger partial charge in [-0.3, -0.25) is 4.72 Å². The lowest BCUT2D eigenvalue weighted by atomic mass is 10.2. The molecular formula is C13H8ClF4NO2S. The van der Waals surface area contributed by atoms with Crippen LogP contribution in [0.5, 0.6) is 0 Å². The summed E-state index contributed by atoms with van der Waals surface area (Å²) in [5, 5.41) is -0.215. The van der Waals surface area contributed by atoms with Crippen LogP contribution in [0, 0.1) is 5.82 Å². The van der Waals surface area contributed by atoms with Gasteiger partial charge in [-0.2, -0.15) is 13.2 Å². The molecule has 9 heteroatoms. The van der Waals surface area contributed by atoms with E-state index in [2.05, 4.69) is 0 Å². The predicted octanol–water partition coefficient (Wildman–Crippen LogP) is 4.30. The molecule has 0 aliphatic rings. The molecule has 0 aromatic heterocycles. The number of rotatable bonds is 3. The van der Waals surface area contributed by atoms with Crippen LogP contribution in [0.2, 0.25) is 5.02 Å². The number of alkyl halides is 3. The molecule has 2 aromatic carbocycles. The monoisotopic (exact) mass is 353 g/mol. The van der Waals surface area contributed by atoms with Crippen molar-refractivity contribution in [3.63, 3.8) is 0 Å². The Balaban J connectivity index is 2.42. The molecule has 0 aliphatic carbocycles. The van der Waals surface area contributed by atoms with E-state index in [9.17, 15) is 26.0 Å². The van der Waals surface area contributed by atoms with Gasteiger partial charge in [0.05, 0.1) is 21.2 Å². The first-order valence-corrected chi connectivity index (χ1v) is 7.61. The van der Waals surface area contributed by atoms with E-state index in [1.54, 1.807) is 0 Å². The number of nitrogens with one attached hydrogen (secondary N) is 1. The van der Waals surface area contributed by atoms with Gasteiger partial charge in [-0.25, -0.2) is 12.8 Å². The van der Waals surface area contributed by atoms with E-state index in [-0.39, 0.29) is 5.02 Å². The minimum Gasteiger partial charge on any atom is -0.278 e. The summed E-state index contributed by atoms with van der Waals surface area (Å²) >= 11 is 5.70. The molecule has 0 radical (unpaired) electrons. The van der Waals surface area contributed by atoms with Crippen molar-refractivity contribution in [2.45, 2.75) is 11.1 Å². The Morgan fingerprint density at radius 1 is 1.05 bits per heavy atom. The number of halogens is 5. The normalized spacial score (nSPS) is 12.2. The second-order valence-electron chi connectivity index (χ2n) is 4.26. The Bertz CT molecular complexity index is 806. The van der Waals surface area contributed by atoms with Crippen LogP contribution in [0.1, 0.15) is 5.56 Å². The first kappa shape index (κ1) is 16.6. The van der Waals surface area contributed by atoms with Crippen LogP contribution >= 0.6 is 11.6 Å². The average molecular weight is 354 g/mol. The molecule has 0 aliphatic heterocycles. The third kappa shape index (κ3) is 3.69. The van der Waals surface area contributed by atoms with Crippen LogP contribution in [-0.2, 0) is 16.2 Å². The zero-order valence-electron chi connectivity index (χ0n) is 10.7. The van der Waals surface area contributed by atoms with Crippen molar-refractivity contribution >= 4 is 27.3 Å². The lowest BCUT2D eigenvalue weighted by molar-refractivity contribution is -0.137. The smallest absolute Gasteiger partial charge is 0.278 e. The first-order chi connectivity index (χ1) is 10.1. The molecule has 0 saturated heterocycles. The zero-order chi connectivity index (χ0) is 16.5. The van der Waals surface area contributed by atoms with Gasteiger partial charge in [-0.15, -0.1) is 0 Å². The highest BCUT2D eigenvalue weighted by Gasteiger charge is 2.31. The van der Waals surface area contributed by atoms with Gasteiger partial charge in [-0.05, 0) is 36.4 Å². The predicted molar refractivity (Wildman–Crippen MR) is 73.7 cm³/mol. The van der Waals surface area contributed by atoms with E-state index in [1.165, 1.54) is 0 Å². The van der Waals surface area contributed by atoms with Gasteiger partial charge in [0.1, 0.15) is 5.82 Å². The second-order valence-corrected chi connectivity index (χ2v) is 6.34. The molecule has 118 valence electrons. The van der Waals surface area contributed by atoms with Gasteiger partial charge in [0, 0.05) is 0 Å². The van der Waals surface area contributed by atoms with Crippen LogP contribution in [0.4, 0.5) is 23.2 Å². The minimum absolute atomic E-state index is 0.215. The van der Waals surface area contributed by atoms with Crippen molar-refractivity contribution in [3.8, 4) is 0 Å². The third-order valence-corrected chi connectivity index (χ3v) is 4.34. The van der Waals surface area contributed by atoms with E-state index in [0.29, 0.717) is 6.07 Å². The minimum atomic E-state index is -4.65. The largest absolute Gasteiger partial charge is 0.416 e. The quantitative estimate of drug-likeness (QED) is 0.836. The van der Waals surface area contributed by atoms with Gasteiger partial charge in [-0.1, -0.05) is 17.7 Å². The highest BCUT2D eigenvalue weighted by Crippen LogP contribution is 2.34. The summed E-state index contributed by atoms with van der Waals surface area (Å²) in [4.78, 5) is -0.430. The lowest BCUT2D eigenvalue weighted by Crippen LogP contribution is -2.14. The van der Waals surface area contributed by atoms with Crippen molar-refractivity contribution in [1.29, 1.82) is 0 Å². The molecule has 0 saturated carbocycles. The molecule has 2 rings (SSSR count). The van der Waals surface area contributed by atoms with Crippen molar-refractivity contribution in [1.82, 2.24) is 0 Å². The fourth-order valence-electron chi connectivity index (χ4n) is 1.62. The molecule has 0 unspecified atom stereocenters. The van der Waals surface area contributed by atoms with Crippen molar-refractivity contribution in [3.05, 3.63) is 58.9 Å². The molecule has 22 heavy (non-hydrogen) atoms. The van der Waals surface area contributed by atoms with Crippen LogP contribution in [0.25, 0.3) is 0 Å². The van der Waals surface area contributed by atoms with Crippen LogP contribution < -0.4 is 4.72 Å². The van der Waals surface area contributed by atoms with E-state index < -0.39 is 38.2 Å². The van der Waals surface area contributed by atoms with Crippen molar-refractivity contribution < 1.29 is 26.0 Å². The molecule has 0 heterocycles. The fraction of sp³-hybridized carbons (Fsp3) is 0.0769. The summed E-state index contributed by atoms with van der Waals surface area (Å²) in [7, 11) is -4.26. The maximum absolute atomic E-state index is 13.1. The van der Waals surface area contributed by atoms with E-state index >= 15 is 0 Å². The first-order valence-electron chi connectivity index (χ1n) is 5.75. The van der Waals surface area contributed by atoms with Gasteiger partial charge < -0.3 is 0 Å². The zero-order valence-corrected chi connectivity index (χ0v) is 12.2. The maximum atomic E-state index is 13.1. The highest BCUT2D eigenvalue weighted by atomic mass is 35.5. The van der Waals surface area contributed by atoms with Crippen molar-refractivity contribution in [2.75, 3.05) is 4.72 Å². The Labute approximate surface area is 128 Å². The van der Waals surface area contributed by atoms with Gasteiger partial charge in [0.15, 0.2) is 0 Å². The molecule has 0 amide bonds. The summed E-state index contributed by atoms with van der Waals surface area (Å²) in [5.41, 5.74) is -1.51. The SMILES string of the molecule is O=S(=O)(Nc1cc(C(F)(F)F)ccc1Cl)c1cccc(F)c1. The lowest BCUT2D eigenvalue weighted by Gasteiger charge is -2.13. The molecule has 0 fully saturated rings. The molecule has 0 spiro atoms. The molecule has 3 nitrogen and oxygen atoms in total. The van der Waals surface area contributed by atoms with Gasteiger partial charge >= 0.3 is 6.18 Å². The molecule has 0 atom stereocenters. The van der Waals surface area contributed by atoms with E-state index in [0.717, 1.165) is 36.4 Å². The van der Waals surface area contributed by atoms with Crippen molar-refractivity contribution in [2.24, 2.45) is 0 Å². The Hall–Kier alpha value is -1.80. The number of hydrogen-bond donors (Lipinski definition) is 1. The van der Waals surface area contributed by atoms with Crippen LogP contribution in [0.15, 0.2) is 47.4 Å². The number of sulfonamides is 1. The molecule has 1 N–H and O–H groups in total. The molecule has 0 bridgehead atoms. The number of hydrogen-bond acceptors (Lipinski definition) is 2. The van der Waals surface area contributed by atoms with Gasteiger partial charge in [0.2, 0.25) is 0 Å². The summed E-state index contributed by atoms with van der Waals surface area (Å²) in [6.07, 6.45) is -4.65. The molecular weight excluding hydrogens is 346 g/mol. The molecule has 2 aromatic rings. The third-order valence-electron chi connectivity index (χ3n) is 2.64. The highest BCUT2D eigenvalue weighted by molar-refractivity contribution is 7.92. The van der Waals surface area contributed by atoms with Crippen LogP contribution in [-0.4, -0.2) is 8.42 Å². The summed E-state index contributed by atoms with van der Waals surface area (Å²) in [6, 6.07) is 6.26.